The predicted octanol–water partition coefficient (Wildman–Crippen LogP) is 1.90. The van der Waals surface area contributed by atoms with Crippen LogP contribution < -0.4 is 0 Å². The molecule has 0 N–H and O–H groups in total. The second-order valence-corrected chi connectivity index (χ2v) is 10.2. The van der Waals surface area contributed by atoms with Crippen molar-refractivity contribution in [1.29, 1.82) is 0 Å². The SMILES string of the molecule is CC(=O)N1CCC[C@@H](C(=O)N2CCN(S(=O)(=O)c3ccc(C(C)C)cc3)CC2)C1. The summed E-state index contributed by atoms with van der Waals surface area (Å²) in [5, 5.41) is 0. The Morgan fingerprint density at radius 2 is 1.59 bits per heavy atom. The maximum Gasteiger partial charge on any atom is 0.243 e. The lowest BCUT2D eigenvalue weighted by atomic mass is 9.96. The Bertz CT molecular complexity index is 843. The van der Waals surface area contributed by atoms with Gasteiger partial charge in [-0.15, -0.1) is 0 Å². The highest BCUT2D eigenvalue weighted by Crippen LogP contribution is 2.23. The summed E-state index contributed by atoms with van der Waals surface area (Å²) < 4.78 is 27.3. The molecule has 1 atom stereocenters. The normalized spacial score (nSPS) is 21.4. The van der Waals surface area contributed by atoms with Crippen LogP contribution in [0.3, 0.4) is 0 Å². The molecule has 8 heteroatoms. The Hall–Kier alpha value is -1.93. The van der Waals surface area contributed by atoms with Crippen molar-refractivity contribution in [2.24, 2.45) is 5.92 Å². The number of likely N-dealkylation sites (tertiary alicyclic amines) is 1. The summed E-state index contributed by atoms with van der Waals surface area (Å²) in [7, 11) is -3.56. The highest BCUT2D eigenvalue weighted by atomic mass is 32.2. The number of amides is 2. The van der Waals surface area contributed by atoms with Gasteiger partial charge in [-0.05, 0) is 36.5 Å². The number of piperidine rings is 1. The van der Waals surface area contributed by atoms with E-state index in [1.807, 2.05) is 12.1 Å². The average molecular weight is 422 g/mol. The van der Waals surface area contributed by atoms with Crippen LogP contribution in [0.15, 0.2) is 29.2 Å². The van der Waals surface area contributed by atoms with Crippen molar-refractivity contribution in [3.8, 4) is 0 Å². The maximum atomic E-state index is 12.9. The van der Waals surface area contributed by atoms with Crippen molar-refractivity contribution in [2.75, 3.05) is 39.3 Å². The van der Waals surface area contributed by atoms with E-state index < -0.39 is 10.0 Å². The van der Waals surface area contributed by atoms with Gasteiger partial charge in [0.25, 0.3) is 0 Å². The molecular weight excluding hydrogens is 390 g/mol. The zero-order valence-corrected chi connectivity index (χ0v) is 18.3. The topological polar surface area (TPSA) is 78.0 Å². The molecule has 2 aliphatic rings. The third-order valence-electron chi connectivity index (χ3n) is 5.95. The van der Waals surface area contributed by atoms with Gasteiger partial charge in [0, 0.05) is 46.2 Å². The van der Waals surface area contributed by atoms with E-state index in [0.717, 1.165) is 18.4 Å². The minimum Gasteiger partial charge on any atom is -0.342 e. The molecule has 0 unspecified atom stereocenters. The molecule has 7 nitrogen and oxygen atoms in total. The third kappa shape index (κ3) is 4.80. The standard InChI is InChI=1S/C21H31N3O4S/c1-16(2)18-6-8-20(9-7-18)29(27,28)24-13-11-22(12-14-24)21(26)19-5-4-10-23(15-19)17(3)25/h6-9,16,19H,4-5,10-15H2,1-3H3/t19-/m1/s1. The van der Waals surface area contributed by atoms with Crippen LogP contribution in [-0.2, 0) is 19.6 Å². The van der Waals surface area contributed by atoms with Crippen molar-refractivity contribution < 1.29 is 18.0 Å². The van der Waals surface area contributed by atoms with Crippen molar-refractivity contribution in [3.63, 3.8) is 0 Å². The Morgan fingerprint density at radius 3 is 2.14 bits per heavy atom. The van der Waals surface area contributed by atoms with Crippen molar-refractivity contribution in [2.45, 2.75) is 44.4 Å². The number of piperazine rings is 1. The van der Waals surface area contributed by atoms with Crippen LogP contribution in [-0.4, -0.2) is 73.6 Å². The Balaban J connectivity index is 1.60. The number of hydrogen-bond acceptors (Lipinski definition) is 4. The molecule has 0 saturated carbocycles. The zero-order chi connectivity index (χ0) is 21.2. The number of sulfonamides is 1. The van der Waals surface area contributed by atoms with Gasteiger partial charge in [0.2, 0.25) is 21.8 Å². The summed E-state index contributed by atoms with van der Waals surface area (Å²) >= 11 is 0. The minimum absolute atomic E-state index is 0.00176. The summed E-state index contributed by atoms with van der Waals surface area (Å²) in [6.45, 7) is 8.22. The zero-order valence-electron chi connectivity index (χ0n) is 17.5. The first-order valence-electron chi connectivity index (χ1n) is 10.3. The largest absolute Gasteiger partial charge is 0.342 e. The summed E-state index contributed by atoms with van der Waals surface area (Å²) in [5.41, 5.74) is 1.10. The van der Waals surface area contributed by atoms with Crippen LogP contribution in [0.4, 0.5) is 0 Å². The second-order valence-electron chi connectivity index (χ2n) is 8.26. The molecule has 0 aliphatic carbocycles. The van der Waals surface area contributed by atoms with Gasteiger partial charge in [0.15, 0.2) is 0 Å². The van der Waals surface area contributed by atoms with Crippen molar-refractivity contribution in [1.82, 2.24) is 14.1 Å². The Kier molecular flexibility index (Phi) is 6.63. The van der Waals surface area contributed by atoms with Gasteiger partial charge >= 0.3 is 0 Å². The molecule has 0 radical (unpaired) electrons. The molecular formula is C21H31N3O4S. The highest BCUT2D eigenvalue weighted by molar-refractivity contribution is 7.89. The molecule has 2 fully saturated rings. The first kappa shape index (κ1) is 21.8. The fourth-order valence-corrected chi connectivity index (χ4v) is 5.47. The minimum atomic E-state index is -3.56. The van der Waals surface area contributed by atoms with E-state index in [1.165, 1.54) is 11.2 Å². The van der Waals surface area contributed by atoms with Crippen LogP contribution in [0.2, 0.25) is 0 Å². The van der Waals surface area contributed by atoms with E-state index in [1.54, 1.807) is 21.9 Å². The summed E-state index contributed by atoms with van der Waals surface area (Å²) in [6.07, 6.45) is 1.61. The number of rotatable bonds is 4. The van der Waals surface area contributed by atoms with Gasteiger partial charge in [-0.25, -0.2) is 8.42 Å². The van der Waals surface area contributed by atoms with Gasteiger partial charge < -0.3 is 9.80 Å². The van der Waals surface area contributed by atoms with E-state index in [0.29, 0.717) is 50.1 Å². The van der Waals surface area contributed by atoms with Gasteiger partial charge in [-0.1, -0.05) is 26.0 Å². The van der Waals surface area contributed by atoms with E-state index in [-0.39, 0.29) is 17.7 Å². The first-order chi connectivity index (χ1) is 13.7. The summed E-state index contributed by atoms with van der Waals surface area (Å²) in [6, 6.07) is 7.06. The maximum absolute atomic E-state index is 12.9. The predicted molar refractivity (Wildman–Crippen MR) is 111 cm³/mol. The van der Waals surface area contributed by atoms with Crippen LogP contribution in [0.5, 0.6) is 0 Å². The highest BCUT2D eigenvalue weighted by Gasteiger charge is 2.34. The molecule has 2 aliphatic heterocycles. The lowest BCUT2D eigenvalue weighted by Crippen LogP contribution is -2.53. The molecule has 2 amide bonds. The van der Waals surface area contributed by atoms with E-state index >= 15 is 0 Å². The molecule has 0 spiro atoms. The van der Waals surface area contributed by atoms with E-state index in [9.17, 15) is 18.0 Å². The van der Waals surface area contributed by atoms with Crippen LogP contribution in [0.1, 0.15) is 45.1 Å². The van der Waals surface area contributed by atoms with E-state index in [2.05, 4.69) is 13.8 Å². The molecule has 2 heterocycles. The molecule has 160 valence electrons. The quantitative estimate of drug-likeness (QED) is 0.744. The molecule has 1 aromatic rings. The average Bonchev–Trinajstić information content (AvgIpc) is 2.73. The number of benzene rings is 1. The van der Waals surface area contributed by atoms with E-state index in [4.69, 9.17) is 0 Å². The monoisotopic (exact) mass is 421 g/mol. The fourth-order valence-electron chi connectivity index (χ4n) is 4.05. The van der Waals surface area contributed by atoms with Crippen LogP contribution in [0.25, 0.3) is 0 Å². The number of carbonyl (C=O) groups excluding carboxylic acids is 2. The van der Waals surface area contributed by atoms with Gasteiger partial charge in [0.05, 0.1) is 10.8 Å². The van der Waals surface area contributed by atoms with Gasteiger partial charge in [0.1, 0.15) is 0 Å². The molecule has 2 saturated heterocycles. The lowest BCUT2D eigenvalue weighted by Gasteiger charge is -2.38. The second kappa shape index (κ2) is 8.83. The first-order valence-corrected chi connectivity index (χ1v) is 11.8. The number of carbonyl (C=O) groups is 2. The summed E-state index contributed by atoms with van der Waals surface area (Å²) in [4.78, 5) is 28.3. The van der Waals surface area contributed by atoms with Gasteiger partial charge in [-0.2, -0.15) is 4.31 Å². The number of hydrogen-bond donors (Lipinski definition) is 0. The Morgan fingerprint density at radius 1 is 0.966 bits per heavy atom. The lowest BCUT2D eigenvalue weighted by molar-refractivity contribution is -0.141. The number of nitrogens with zero attached hydrogens (tertiary/aromatic N) is 3. The fraction of sp³-hybridized carbons (Fsp3) is 0.619. The van der Waals surface area contributed by atoms with Gasteiger partial charge in [-0.3, -0.25) is 9.59 Å². The molecule has 0 bridgehead atoms. The Labute approximate surface area is 173 Å². The third-order valence-corrected chi connectivity index (χ3v) is 7.86. The molecule has 1 aromatic carbocycles. The van der Waals surface area contributed by atoms with Crippen LogP contribution >= 0.6 is 0 Å². The smallest absolute Gasteiger partial charge is 0.243 e. The summed E-state index contributed by atoms with van der Waals surface area (Å²) in [5.74, 6) is 0.204. The van der Waals surface area contributed by atoms with Crippen LogP contribution in [0, 0.1) is 5.92 Å². The molecule has 0 aromatic heterocycles. The van der Waals surface area contributed by atoms with Crippen molar-refractivity contribution >= 4 is 21.8 Å². The molecule has 29 heavy (non-hydrogen) atoms. The molecule has 3 rings (SSSR count). The van der Waals surface area contributed by atoms with Crippen molar-refractivity contribution in [3.05, 3.63) is 29.8 Å².